The topological polar surface area (TPSA) is 79.7 Å². The molecule has 1 aromatic heterocycles. The van der Waals surface area contributed by atoms with Crippen molar-refractivity contribution in [2.75, 3.05) is 0 Å². The number of carbonyl (C=O) groups excluding carboxylic acids is 1. The summed E-state index contributed by atoms with van der Waals surface area (Å²) in [4.78, 5) is 16.6. The molecule has 3 aromatic rings. The summed E-state index contributed by atoms with van der Waals surface area (Å²) in [7, 11) is 0. The van der Waals surface area contributed by atoms with E-state index in [1.807, 2.05) is 6.07 Å². The van der Waals surface area contributed by atoms with Crippen molar-refractivity contribution in [3.05, 3.63) is 76.6 Å². The van der Waals surface area contributed by atoms with Crippen LogP contribution in [0.2, 0.25) is 5.02 Å². The van der Waals surface area contributed by atoms with Crippen LogP contribution in [-0.2, 0) is 11.2 Å². The van der Waals surface area contributed by atoms with Gasteiger partial charge >= 0.3 is 5.97 Å². The van der Waals surface area contributed by atoms with Crippen LogP contribution in [-0.4, -0.2) is 21.2 Å². The average molecular weight is 368 g/mol. The number of hydrogen-bond donors (Lipinski definition) is 2. The second-order valence-electron chi connectivity index (χ2n) is 6.00. The summed E-state index contributed by atoms with van der Waals surface area (Å²) >= 11 is 6.25. The Labute approximate surface area is 154 Å². The minimum atomic E-state index is -0.649. The fraction of sp³-hybridized carbons (Fsp3) is 0.100. The van der Waals surface area contributed by atoms with E-state index in [1.54, 1.807) is 42.7 Å². The monoisotopic (exact) mass is 367 g/mol. The molecular formula is C20H14ClNO4. The lowest BCUT2D eigenvalue weighted by molar-refractivity contribution is 0.0249. The Morgan fingerprint density at radius 2 is 1.73 bits per heavy atom. The number of ether oxygens (including phenoxy) is 1. The van der Waals surface area contributed by atoms with Gasteiger partial charge in [0, 0.05) is 41.0 Å². The minimum Gasteiger partial charge on any atom is -0.507 e. The van der Waals surface area contributed by atoms with Gasteiger partial charge in [-0.2, -0.15) is 0 Å². The zero-order chi connectivity index (χ0) is 18.3. The SMILES string of the molecule is O=C1OC(c2ccccc2Cl)Cc2c1c(O)cc(O)c2-c1ccncc1. The van der Waals surface area contributed by atoms with Crippen LogP contribution in [0.5, 0.6) is 11.5 Å². The van der Waals surface area contributed by atoms with Crippen LogP contribution in [0, 0.1) is 0 Å². The quantitative estimate of drug-likeness (QED) is 0.661. The smallest absolute Gasteiger partial charge is 0.342 e. The Hall–Kier alpha value is -3.05. The molecule has 26 heavy (non-hydrogen) atoms. The summed E-state index contributed by atoms with van der Waals surface area (Å²) < 4.78 is 5.51. The molecule has 4 rings (SSSR count). The number of cyclic esters (lactones) is 1. The largest absolute Gasteiger partial charge is 0.507 e. The van der Waals surface area contributed by atoms with Gasteiger partial charge in [0.1, 0.15) is 23.2 Å². The van der Waals surface area contributed by atoms with Gasteiger partial charge in [0.05, 0.1) is 0 Å². The molecular weight excluding hydrogens is 354 g/mol. The lowest BCUT2D eigenvalue weighted by Crippen LogP contribution is -2.23. The third kappa shape index (κ3) is 2.66. The Morgan fingerprint density at radius 1 is 1.04 bits per heavy atom. The Kier molecular flexibility index (Phi) is 4.01. The molecule has 5 nitrogen and oxygen atoms in total. The summed E-state index contributed by atoms with van der Waals surface area (Å²) in [5.74, 6) is -1.07. The van der Waals surface area contributed by atoms with Gasteiger partial charge in [-0.15, -0.1) is 0 Å². The zero-order valence-corrected chi connectivity index (χ0v) is 14.3. The number of aromatic hydroxyl groups is 2. The van der Waals surface area contributed by atoms with Gasteiger partial charge in [0.15, 0.2) is 0 Å². The first kappa shape index (κ1) is 16.4. The van der Waals surface area contributed by atoms with E-state index in [2.05, 4.69) is 4.98 Å². The highest BCUT2D eigenvalue weighted by molar-refractivity contribution is 6.31. The molecule has 0 saturated carbocycles. The normalized spacial score (nSPS) is 16.0. The van der Waals surface area contributed by atoms with E-state index in [9.17, 15) is 15.0 Å². The van der Waals surface area contributed by atoms with Gasteiger partial charge in [0.25, 0.3) is 0 Å². The summed E-state index contributed by atoms with van der Waals surface area (Å²) in [5, 5.41) is 21.1. The Bertz CT molecular complexity index is 1000. The van der Waals surface area contributed by atoms with E-state index in [1.165, 1.54) is 0 Å². The molecule has 2 aromatic carbocycles. The molecule has 0 saturated heterocycles. The highest BCUT2D eigenvalue weighted by Crippen LogP contribution is 2.45. The molecule has 0 radical (unpaired) electrons. The zero-order valence-electron chi connectivity index (χ0n) is 13.5. The summed E-state index contributed by atoms with van der Waals surface area (Å²) in [6.45, 7) is 0. The molecule has 2 heterocycles. The van der Waals surface area contributed by atoms with Crippen LogP contribution in [0.25, 0.3) is 11.1 Å². The van der Waals surface area contributed by atoms with Crippen molar-refractivity contribution in [1.82, 2.24) is 4.98 Å². The first-order valence-corrected chi connectivity index (χ1v) is 8.37. The van der Waals surface area contributed by atoms with Crippen LogP contribution in [0.4, 0.5) is 0 Å². The first-order chi connectivity index (χ1) is 12.6. The molecule has 1 aliphatic rings. The van der Waals surface area contributed by atoms with Gasteiger partial charge < -0.3 is 14.9 Å². The van der Waals surface area contributed by atoms with Crippen LogP contribution in [0.15, 0.2) is 54.9 Å². The average Bonchev–Trinajstić information content (AvgIpc) is 2.62. The third-order valence-electron chi connectivity index (χ3n) is 4.45. The van der Waals surface area contributed by atoms with Crippen molar-refractivity contribution in [2.45, 2.75) is 12.5 Å². The van der Waals surface area contributed by atoms with Crippen LogP contribution in [0.3, 0.4) is 0 Å². The number of benzene rings is 2. The number of phenols is 2. The lowest BCUT2D eigenvalue weighted by Gasteiger charge is -2.28. The van der Waals surface area contributed by atoms with Gasteiger partial charge in [-0.3, -0.25) is 4.98 Å². The molecule has 1 atom stereocenters. The summed E-state index contributed by atoms with van der Waals surface area (Å²) in [5.41, 5.74) is 2.44. The van der Waals surface area contributed by atoms with Gasteiger partial charge in [-0.1, -0.05) is 29.8 Å². The molecule has 2 N–H and O–H groups in total. The number of aromatic nitrogens is 1. The molecule has 0 aliphatic carbocycles. The van der Waals surface area contributed by atoms with E-state index in [0.29, 0.717) is 27.3 Å². The number of phenolic OH excluding ortho intramolecular Hbond substituents is 2. The van der Waals surface area contributed by atoms with Crippen molar-refractivity contribution < 1.29 is 19.7 Å². The van der Waals surface area contributed by atoms with Gasteiger partial charge in [-0.25, -0.2) is 4.79 Å². The van der Waals surface area contributed by atoms with Crippen molar-refractivity contribution in [1.29, 1.82) is 0 Å². The first-order valence-electron chi connectivity index (χ1n) is 8.00. The molecule has 1 aliphatic heterocycles. The number of rotatable bonds is 2. The van der Waals surface area contributed by atoms with Crippen LogP contribution < -0.4 is 0 Å². The maximum absolute atomic E-state index is 12.6. The number of hydrogen-bond acceptors (Lipinski definition) is 5. The van der Waals surface area contributed by atoms with E-state index in [0.717, 1.165) is 6.07 Å². The molecule has 0 amide bonds. The van der Waals surface area contributed by atoms with Crippen molar-refractivity contribution in [3.8, 4) is 22.6 Å². The minimum absolute atomic E-state index is 0.0675. The second kappa shape index (κ2) is 6.35. The molecule has 6 heteroatoms. The molecule has 130 valence electrons. The Morgan fingerprint density at radius 3 is 2.46 bits per heavy atom. The number of fused-ring (bicyclic) bond motifs is 1. The van der Waals surface area contributed by atoms with E-state index >= 15 is 0 Å². The molecule has 0 spiro atoms. The predicted molar refractivity (Wildman–Crippen MR) is 96.3 cm³/mol. The predicted octanol–water partition coefficient (Wildman–Crippen LogP) is 4.27. The molecule has 1 unspecified atom stereocenters. The van der Waals surface area contributed by atoms with E-state index in [-0.39, 0.29) is 23.5 Å². The fourth-order valence-corrected chi connectivity index (χ4v) is 3.56. The summed E-state index contributed by atoms with van der Waals surface area (Å²) in [6.07, 6.45) is 2.87. The number of carbonyl (C=O) groups is 1. The molecule has 0 fully saturated rings. The standard InChI is InChI=1S/C20H14ClNO4/c21-14-4-2-1-3-12(14)17-9-13-18(11-5-7-22-8-6-11)15(23)10-16(24)19(13)20(25)26-17/h1-8,10,17,23-24H,9H2. The lowest BCUT2D eigenvalue weighted by atomic mass is 9.87. The van der Waals surface area contributed by atoms with E-state index < -0.39 is 12.1 Å². The molecule has 0 bridgehead atoms. The highest BCUT2D eigenvalue weighted by Gasteiger charge is 2.34. The van der Waals surface area contributed by atoms with Crippen LogP contribution in [0.1, 0.15) is 27.6 Å². The number of esters is 1. The maximum Gasteiger partial charge on any atom is 0.342 e. The third-order valence-corrected chi connectivity index (χ3v) is 4.80. The van der Waals surface area contributed by atoms with Gasteiger partial charge in [-0.05, 0) is 29.3 Å². The van der Waals surface area contributed by atoms with Crippen molar-refractivity contribution >= 4 is 17.6 Å². The van der Waals surface area contributed by atoms with E-state index in [4.69, 9.17) is 16.3 Å². The highest BCUT2D eigenvalue weighted by atomic mass is 35.5. The van der Waals surface area contributed by atoms with Crippen molar-refractivity contribution in [3.63, 3.8) is 0 Å². The van der Waals surface area contributed by atoms with Crippen LogP contribution >= 0.6 is 11.6 Å². The number of pyridine rings is 1. The van der Waals surface area contributed by atoms with Crippen molar-refractivity contribution in [2.24, 2.45) is 0 Å². The Balaban J connectivity index is 1.91. The summed E-state index contributed by atoms with van der Waals surface area (Å²) in [6, 6.07) is 11.8. The van der Waals surface area contributed by atoms with Gasteiger partial charge in [0.2, 0.25) is 0 Å². The number of nitrogens with zero attached hydrogens (tertiary/aromatic N) is 1. The number of halogens is 1. The fourth-order valence-electron chi connectivity index (χ4n) is 3.31. The maximum atomic E-state index is 12.6. The second-order valence-corrected chi connectivity index (χ2v) is 6.41.